The van der Waals surface area contributed by atoms with E-state index in [0.29, 0.717) is 44.5 Å². The SMILES string of the molecule is O=C(c1cc(C(=O)c2ccccc2-c2ccccc2)cc(C(=O)c2ccccc2-c2ccccc2)c1)c1cc(C(=O)c2ccccc2-c2ccccc2)cc(C(O)c2ccccc2-c2ccccc2)c1. The van der Waals surface area contributed by atoms with Crippen LogP contribution < -0.4 is 0 Å². The highest BCUT2D eigenvalue weighted by molar-refractivity contribution is 6.20. The largest absolute Gasteiger partial charge is 0.384 e. The first-order valence-electron chi connectivity index (χ1n) is 23.1. The summed E-state index contributed by atoms with van der Waals surface area (Å²) in [7, 11) is 0. The Labute approximate surface area is 406 Å². The summed E-state index contributed by atoms with van der Waals surface area (Å²) in [6, 6.07) is 77.2. The molecule has 0 bridgehead atoms. The van der Waals surface area contributed by atoms with Crippen LogP contribution in [0.3, 0.4) is 0 Å². The van der Waals surface area contributed by atoms with E-state index in [4.69, 9.17) is 0 Å². The van der Waals surface area contributed by atoms with E-state index in [1.807, 2.05) is 182 Å². The lowest BCUT2D eigenvalue weighted by Gasteiger charge is -2.19. The Balaban J connectivity index is 1.15. The van der Waals surface area contributed by atoms with Gasteiger partial charge in [-0.25, -0.2) is 0 Å². The van der Waals surface area contributed by atoms with Crippen LogP contribution in [0.2, 0.25) is 0 Å². The van der Waals surface area contributed by atoms with Gasteiger partial charge in [0.2, 0.25) is 0 Å². The molecule has 0 amide bonds. The van der Waals surface area contributed by atoms with Crippen LogP contribution in [0.5, 0.6) is 0 Å². The molecule has 0 aromatic heterocycles. The fraction of sp³-hybridized carbons (Fsp3) is 0.0154. The maximum atomic E-state index is 15.4. The third-order valence-corrected chi connectivity index (χ3v) is 12.6. The molecule has 10 rings (SSSR count). The lowest BCUT2D eigenvalue weighted by atomic mass is 9.86. The minimum atomic E-state index is -1.27. The topological polar surface area (TPSA) is 88.5 Å². The van der Waals surface area contributed by atoms with Gasteiger partial charge in [-0.3, -0.25) is 19.2 Å². The number of aliphatic hydroxyl groups excluding tert-OH is 1. The van der Waals surface area contributed by atoms with Crippen LogP contribution in [0, 0.1) is 0 Å². The molecule has 0 radical (unpaired) electrons. The van der Waals surface area contributed by atoms with Crippen molar-refractivity contribution in [2.75, 3.05) is 0 Å². The lowest BCUT2D eigenvalue weighted by Crippen LogP contribution is -2.13. The maximum Gasteiger partial charge on any atom is 0.193 e. The zero-order valence-electron chi connectivity index (χ0n) is 37.9. The smallest absolute Gasteiger partial charge is 0.193 e. The van der Waals surface area contributed by atoms with Crippen molar-refractivity contribution in [1.29, 1.82) is 0 Å². The van der Waals surface area contributed by atoms with E-state index in [-0.39, 0.29) is 45.2 Å². The molecule has 0 aliphatic heterocycles. The van der Waals surface area contributed by atoms with Crippen LogP contribution in [0.15, 0.2) is 255 Å². The van der Waals surface area contributed by atoms with Gasteiger partial charge in [0.1, 0.15) is 6.10 Å². The average molecular weight is 905 g/mol. The molecule has 334 valence electrons. The summed E-state index contributed by atoms with van der Waals surface area (Å²) in [5.41, 5.74) is 8.99. The van der Waals surface area contributed by atoms with E-state index in [9.17, 15) is 19.5 Å². The van der Waals surface area contributed by atoms with Gasteiger partial charge in [0.25, 0.3) is 0 Å². The molecule has 70 heavy (non-hydrogen) atoms. The number of hydrogen-bond acceptors (Lipinski definition) is 5. The Morgan fingerprint density at radius 2 is 0.529 bits per heavy atom. The highest BCUT2D eigenvalue weighted by atomic mass is 16.3. The van der Waals surface area contributed by atoms with Crippen molar-refractivity contribution in [3.8, 4) is 44.5 Å². The first-order valence-corrected chi connectivity index (χ1v) is 23.1. The van der Waals surface area contributed by atoms with Gasteiger partial charge in [-0.05, 0) is 92.0 Å². The lowest BCUT2D eigenvalue weighted by molar-refractivity contribution is 0.102. The summed E-state index contributed by atoms with van der Waals surface area (Å²) >= 11 is 0. The fourth-order valence-electron chi connectivity index (χ4n) is 9.17. The van der Waals surface area contributed by atoms with E-state index in [1.165, 1.54) is 18.2 Å². The Bertz CT molecular complexity index is 3450. The summed E-state index contributed by atoms with van der Waals surface area (Å²) in [5.74, 6) is -1.66. The molecule has 1 unspecified atom stereocenters. The van der Waals surface area contributed by atoms with Crippen molar-refractivity contribution >= 4 is 23.1 Å². The van der Waals surface area contributed by atoms with Crippen molar-refractivity contribution < 1.29 is 24.3 Å². The summed E-state index contributed by atoms with van der Waals surface area (Å²) in [5, 5.41) is 12.4. The summed E-state index contributed by atoms with van der Waals surface area (Å²) < 4.78 is 0. The maximum absolute atomic E-state index is 15.4. The molecule has 10 aromatic carbocycles. The number of aliphatic hydroxyl groups is 1. The van der Waals surface area contributed by atoms with Gasteiger partial charge >= 0.3 is 0 Å². The second-order valence-electron chi connectivity index (χ2n) is 17.0. The van der Waals surface area contributed by atoms with Crippen LogP contribution in [0.1, 0.15) is 80.9 Å². The molecule has 1 atom stereocenters. The van der Waals surface area contributed by atoms with Gasteiger partial charge in [-0.2, -0.15) is 0 Å². The second kappa shape index (κ2) is 20.0. The van der Waals surface area contributed by atoms with Crippen molar-refractivity contribution in [2.24, 2.45) is 0 Å². The van der Waals surface area contributed by atoms with Gasteiger partial charge in [0.05, 0.1) is 0 Å². The van der Waals surface area contributed by atoms with E-state index in [1.54, 1.807) is 54.6 Å². The number of carbonyl (C=O) groups excluding carboxylic acids is 4. The minimum absolute atomic E-state index is 0.0583. The Hall–Kier alpha value is -9.16. The van der Waals surface area contributed by atoms with Crippen molar-refractivity contribution in [1.82, 2.24) is 0 Å². The van der Waals surface area contributed by atoms with E-state index < -0.39 is 11.9 Å². The van der Waals surface area contributed by atoms with Crippen molar-refractivity contribution in [3.05, 3.63) is 310 Å². The van der Waals surface area contributed by atoms with Gasteiger partial charge in [-0.15, -0.1) is 0 Å². The quantitative estimate of drug-likeness (QED) is 0.110. The Kier molecular flexibility index (Phi) is 12.7. The zero-order valence-corrected chi connectivity index (χ0v) is 37.9. The van der Waals surface area contributed by atoms with Gasteiger partial charge in [0.15, 0.2) is 23.1 Å². The summed E-state index contributed by atoms with van der Waals surface area (Å²) in [6.45, 7) is 0. The standard InChI is InChI=1S/C65H44O5/c66-61(47-37-49(62(67)57-33-17-13-29-53(57)43-21-5-1-6-22-43)41-50(38-47)63(68)58-34-18-14-30-54(58)44-23-7-2-8-24-44)48-39-51(64(69)59-35-19-15-31-55(59)45-25-9-3-10-26-45)42-52(40-48)65(70)60-36-20-16-32-56(60)46-27-11-4-12-28-46/h1-42,62,67H. The predicted molar refractivity (Wildman–Crippen MR) is 278 cm³/mol. The third kappa shape index (κ3) is 9.13. The fourth-order valence-corrected chi connectivity index (χ4v) is 9.17. The molecule has 0 aliphatic carbocycles. The molecule has 0 aliphatic rings. The molecular weight excluding hydrogens is 861 g/mol. The molecule has 1 N–H and O–H groups in total. The van der Waals surface area contributed by atoms with Crippen molar-refractivity contribution in [2.45, 2.75) is 6.10 Å². The number of carbonyl (C=O) groups is 4. The predicted octanol–water partition coefficient (Wildman–Crippen LogP) is 14.4. The van der Waals surface area contributed by atoms with Crippen LogP contribution in [0.25, 0.3) is 44.5 Å². The van der Waals surface area contributed by atoms with Gasteiger partial charge < -0.3 is 5.11 Å². The number of ketones is 4. The highest BCUT2D eigenvalue weighted by Crippen LogP contribution is 2.36. The second-order valence-corrected chi connectivity index (χ2v) is 17.0. The van der Waals surface area contributed by atoms with E-state index >= 15 is 4.79 Å². The third-order valence-electron chi connectivity index (χ3n) is 12.6. The molecule has 0 saturated heterocycles. The van der Waals surface area contributed by atoms with Crippen LogP contribution >= 0.6 is 0 Å². The van der Waals surface area contributed by atoms with Gasteiger partial charge in [0, 0.05) is 44.5 Å². The zero-order chi connectivity index (χ0) is 48.0. The molecule has 0 spiro atoms. The van der Waals surface area contributed by atoms with Crippen LogP contribution in [-0.4, -0.2) is 28.2 Å². The first-order chi connectivity index (χ1) is 34.3. The molecular formula is C65H44O5. The Morgan fingerprint density at radius 1 is 0.271 bits per heavy atom. The Morgan fingerprint density at radius 3 is 0.900 bits per heavy atom. The van der Waals surface area contributed by atoms with Crippen molar-refractivity contribution in [3.63, 3.8) is 0 Å². The molecule has 5 nitrogen and oxygen atoms in total. The molecule has 0 fully saturated rings. The molecule has 10 aromatic rings. The molecule has 5 heteroatoms. The van der Waals surface area contributed by atoms with Gasteiger partial charge in [-0.1, -0.05) is 218 Å². The molecule has 0 heterocycles. The number of benzene rings is 10. The number of hydrogen-bond donors (Lipinski definition) is 1. The van der Waals surface area contributed by atoms with E-state index in [2.05, 4.69) is 0 Å². The highest BCUT2D eigenvalue weighted by Gasteiger charge is 2.26. The summed E-state index contributed by atoms with van der Waals surface area (Å²) in [4.78, 5) is 60.3. The van der Waals surface area contributed by atoms with Crippen LogP contribution in [-0.2, 0) is 0 Å². The molecule has 0 saturated carbocycles. The minimum Gasteiger partial charge on any atom is -0.384 e. The normalized spacial score (nSPS) is 11.4. The monoisotopic (exact) mass is 904 g/mol. The average Bonchev–Trinajstić information content (AvgIpc) is 3.44. The number of rotatable bonds is 14. The first kappa shape index (κ1) is 44.7. The van der Waals surface area contributed by atoms with Crippen LogP contribution in [0.4, 0.5) is 0 Å². The van der Waals surface area contributed by atoms with E-state index in [0.717, 1.165) is 27.8 Å². The summed E-state index contributed by atoms with van der Waals surface area (Å²) in [6.07, 6.45) is -1.27.